The topological polar surface area (TPSA) is 46.2 Å². The third-order valence-corrected chi connectivity index (χ3v) is 3.45. The largest absolute Gasteiger partial charge is 0.398 e. The van der Waals surface area contributed by atoms with Crippen LogP contribution in [0.15, 0.2) is 17.5 Å². The van der Waals surface area contributed by atoms with Crippen molar-refractivity contribution in [3.63, 3.8) is 0 Å². The average Bonchev–Trinajstić information content (AvgIpc) is 2.53. The number of hydrogen-bond acceptors (Lipinski definition) is 3. The van der Waals surface area contributed by atoms with Gasteiger partial charge in [-0.25, -0.2) is 0 Å². The van der Waals surface area contributed by atoms with Crippen LogP contribution >= 0.6 is 22.9 Å². The molecule has 68 valence electrons. The summed E-state index contributed by atoms with van der Waals surface area (Å²) >= 11 is 7.61. The number of benzene rings is 1. The Labute approximate surface area is 84.6 Å². The Morgan fingerprint density at radius 3 is 3.00 bits per heavy atom. The summed E-state index contributed by atoms with van der Waals surface area (Å²) in [5.41, 5.74) is 6.89. The van der Waals surface area contributed by atoms with Crippen molar-refractivity contribution < 1.29 is 5.11 Å². The van der Waals surface area contributed by atoms with Crippen LogP contribution in [-0.4, -0.2) is 5.11 Å². The molecule has 0 unspecified atom stereocenters. The van der Waals surface area contributed by atoms with Crippen molar-refractivity contribution in [3.05, 3.63) is 28.1 Å². The average molecular weight is 214 g/mol. The van der Waals surface area contributed by atoms with Crippen molar-refractivity contribution in [2.24, 2.45) is 0 Å². The van der Waals surface area contributed by atoms with Gasteiger partial charge in [0, 0.05) is 11.3 Å². The van der Waals surface area contributed by atoms with E-state index >= 15 is 0 Å². The molecule has 0 aliphatic heterocycles. The van der Waals surface area contributed by atoms with Crippen LogP contribution in [0.1, 0.15) is 5.56 Å². The molecule has 2 aromatic rings. The van der Waals surface area contributed by atoms with Crippen LogP contribution in [-0.2, 0) is 6.61 Å². The summed E-state index contributed by atoms with van der Waals surface area (Å²) in [5, 5.41) is 12.6. The Morgan fingerprint density at radius 2 is 2.31 bits per heavy atom. The van der Waals surface area contributed by atoms with Crippen molar-refractivity contribution in [3.8, 4) is 0 Å². The van der Waals surface area contributed by atoms with Gasteiger partial charge in [-0.3, -0.25) is 0 Å². The van der Waals surface area contributed by atoms with Gasteiger partial charge in [0.1, 0.15) is 0 Å². The number of nitrogen functional groups attached to an aromatic ring is 1. The monoisotopic (exact) mass is 213 g/mol. The fraction of sp³-hybridized carbons (Fsp3) is 0.111. The Balaban J connectivity index is 2.85. The molecule has 0 aliphatic carbocycles. The quantitative estimate of drug-likeness (QED) is 0.716. The Hall–Kier alpha value is -0.770. The third-order valence-electron chi connectivity index (χ3n) is 1.98. The van der Waals surface area contributed by atoms with Gasteiger partial charge in [0.2, 0.25) is 0 Å². The van der Waals surface area contributed by atoms with Crippen molar-refractivity contribution in [2.75, 3.05) is 5.73 Å². The lowest BCUT2D eigenvalue weighted by Crippen LogP contribution is -1.94. The highest BCUT2D eigenvalue weighted by molar-refractivity contribution is 7.17. The molecule has 13 heavy (non-hydrogen) atoms. The highest BCUT2D eigenvalue weighted by Gasteiger charge is 2.09. The first-order valence-corrected chi connectivity index (χ1v) is 5.04. The van der Waals surface area contributed by atoms with Crippen LogP contribution in [0.25, 0.3) is 10.1 Å². The molecule has 0 atom stereocenters. The van der Waals surface area contributed by atoms with Gasteiger partial charge < -0.3 is 10.8 Å². The molecule has 4 heteroatoms. The minimum absolute atomic E-state index is 0.113. The molecule has 2 rings (SSSR count). The van der Waals surface area contributed by atoms with Crippen LogP contribution in [0.2, 0.25) is 5.02 Å². The zero-order chi connectivity index (χ0) is 9.42. The maximum absolute atomic E-state index is 9.04. The first-order valence-electron chi connectivity index (χ1n) is 3.79. The van der Waals surface area contributed by atoms with E-state index in [4.69, 9.17) is 22.4 Å². The van der Waals surface area contributed by atoms with E-state index in [9.17, 15) is 0 Å². The van der Waals surface area contributed by atoms with E-state index in [1.807, 2.05) is 17.5 Å². The van der Waals surface area contributed by atoms with Gasteiger partial charge in [-0.1, -0.05) is 11.6 Å². The van der Waals surface area contributed by atoms with Gasteiger partial charge in [-0.05, 0) is 22.9 Å². The zero-order valence-electron chi connectivity index (χ0n) is 6.75. The highest BCUT2D eigenvalue weighted by atomic mass is 35.5. The lowest BCUT2D eigenvalue weighted by atomic mass is 10.1. The van der Waals surface area contributed by atoms with Gasteiger partial charge in [-0.15, -0.1) is 11.3 Å². The number of nitrogens with two attached hydrogens (primary N) is 1. The van der Waals surface area contributed by atoms with E-state index in [2.05, 4.69) is 0 Å². The molecule has 0 bridgehead atoms. The Morgan fingerprint density at radius 1 is 1.54 bits per heavy atom. The number of fused-ring (bicyclic) bond motifs is 1. The number of rotatable bonds is 1. The van der Waals surface area contributed by atoms with E-state index in [0.29, 0.717) is 16.3 Å². The number of anilines is 1. The molecule has 0 amide bonds. The minimum Gasteiger partial charge on any atom is -0.398 e. The molecular weight excluding hydrogens is 206 g/mol. The maximum atomic E-state index is 9.04. The van der Waals surface area contributed by atoms with Crippen molar-refractivity contribution >= 4 is 38.7 Å². The number of aliphatic hydroxyl groups is 1. The van der Waals surface area contributed by atoms with E-state index in [0.717, 1.165) is 10.1 Å². The fourth-order valence-electron chi connectivity index (χ4n) is 1.29. The van der Waals surface area contributed by atoms with E-state index < -0.39 is 0 Å². The predicted molar refractivity (Wildman–Crippen MR) is 57.2 cm³/mol. The summed E-state index contributed by atoms with van der Waals surface area (Å²) in [5.74, 6) is 0. The number of hydrogen-bond donors (Lipinski definition) is 2. The van der Waals surface area contributed by atoms with Gasteiger partial charge in [-0.2, -0.15) is 0 Å². The summed E-state index contributed by atoms with van der Waals surface area (Å²) in [6.07, 6.45) is 0. The number of halogens is 1. The first-order chi connectivity index (χ1) is 6.24. The Kier molecular flexibility index (Phi) is 2.15. The molecule has 0 radical (unpaired) electrons. The summed E-state index contributed by atoms with van der Waals surface area (Å²) in [7, 11) is 0. The smallest absolute Gasteiger partial charge is 0.0717 e. The fourth-order valence-corrected chi connectivity index (χ4v) is 2.54. The maximum Gasteiger partial charge on any atom is 0.0717 e. The van der Waals surface area contributed by atoms with Crippen LogP contribution < -0.4 is 5.73 Å². The summed E-state index contributed by atoms with van der Waals surface area (Å²) in [4.78, 5) is 0. The SMILES string of the molecule is Nc1cc2ccsc2c(Cl)c1CO. The van der Waals surface area contributed by atoms with E-state index in [-0.39, 0.29) is 6.61 Å². The van der Waals surface area contributed by atoms with E-state index in [1.165, 1.54) is 0 Å². The second-order valence-corrected chi connectivity index (χ2v) is 4.05. The van der Waals surface area contributed by atoms with Crippen LogP contribution in [0.5, 0.6) is 0 Å². The molecule has 1 aromatic heterocycles. The summed E-state index contributed by atoms with van der Waals surface area (Å²) in [6, 6.07) is 3.80. The molecule has 0 fully saturated rings. The third kappa shape index (κ3) is 1.29. The van der Waals surface area contributed by atoms with Gasteiger partial charge in [0.25, 0.3) is 0 Å². The second-order valence-electron chi connectivity index (χ2n) is 2.76. The predicted octanol–water partition coefficient (Wildman–Crippen LogP) is 2.63. The molecule has 0 saturated carbocycles. The van der Waals surface area contributed by atoms with Crippen LogP contribution in [0.4, 0.5) is 5.69 Å². The molecule has 3 N–H and O–H groups in total. The summed E-state index contributed by atoms with van der Waals surface area (Å²) in [6.45, 7) is -0.113. The lowest BCUT2D eigenvalue weighted by Gasteiger charge is -2.05. The zero-order valence-corrected chi connectivity index (χ0v) is 8.32. The van der Waals surface area contributed by atoms with Crippen molar-refractivity contribution in [1.82, 2.24) is 0 Å². The van der Waals surface area contributed by atoms with Gasteiger partial charge in [0.15, 0.2) is 0 Å². The first kappa shape index (κ1) is 8.81. The Bertz CT molecular complexity index is 452. The molecule has 0 spiro atoms. The molecular formula is C9H8ClNOS. The van der Waals surface area contributed by atoms with Gasteiger partial charge >= 0.3 is 0 Å². The van der Waals surface area contributed by atoms with Crippen LogP contribution in [0.3, 0.4) is 0 Å². The van der Waals surface area contributed by atoms with Crippen molar-refractivity contribution in [2.45, 2.75) is 6.61 Å². The molecule has 2 nitrogen and oxygen atoms in total. The van der Waals surface area contributed by atoms with Crippen LogP contribution in [0, 0.1) is 0 Å². The second kappa shape index (κ2) is 3.18. The molecule has 1 heterocycles. The molecule has 0 saturated heterocycles. The van der Waals surface area contributed by atoms with Crippen molar-refractivity contribution in [1.29, 1.82) is 0 Å². The lowest BCUT2D eigenvalue weighted by molar-refractivity contribution is 0.283. The molecule has 0 aliphatic rings. The normalized spacial score (nSPS) is 10.9. The number of thiophene rings is 1. The standard InChI is InChI=1S/C9H8ClNOS/c10-8-6(4-12)7(11)3-5-1-2-13-9(5)8/h1-3,12H,4,11H2. The van der Waals surface area contributed by atoms with Gasteiger partial charge in [0.05, 0.1) is 16.3 Å². The minimum atomic E-state index is -0.113. The highest BCUT2D eigenvalue weighted by Crippen LogP contribution is 2.35. The summed E-state index contributed by atoms with van der Waals surface area (Å²) < 4.78 is 0.986. The van der Waals surface area contributed by atoms with E-state index in [1.54, 1.807) is 11.3 Å². The number of aliphatic hydroxyl groups excluding tert-OH is 1. The molecule has 1 aromatic carbocycles.